The van der Waals surface area contributed by atoms with Gasteiger partial charge in [-0.15, -0.1) is 0 Å². The van der Waals surface area contributed by atoms with Crippen LogP contribution in [0.4, 0.5) is 4.39 Å². The standard InChI is InChI=1S/C16H26FNO2/c1-12(2)18-11-13-7-6-8-14(17)15(13)20-10-9-16(3,4)19-5/h6-8,12,18H,9-11H2,1-5H3. The summed E-state index contributed by atoms with van der Waals surface area (Å²) in [5, 5.41) is 3.28. The van der Waals surface area contributed by atoms with Crippen molar-refractivity contribution >= 4 is 0 Å². The summed E-state index contributed by atoms with van der Waals surface area (Å²) in [6, 6.07) is 5.36. The van der Waals surface area contributed by atoms with Gasteiger partial charge in [0.15, 0.2) is 11.6 Å². The predicted molar refractivity (Wildman–Crippen MR) is 79.6 cm³/mol. The number of benzene rings is 1. The Morgan fingerprint density at radius 1 is 1.30 bits per heavy atom. The minimum absolute atomic E-state index is 0.262. The molecule has 1 rings (SSSR count). The molecule has 20 heavy (non-hydrogen) atoms. The van der Waals surface area contributed by atoms with Crippen LogP contribution in [0.1, 0.15) is 39.7 Å². The van der Waals surface area contributed by atoms with Gasteiger partial charge in [0.05, 0.1) is 12.2 Å². The lowest BCUT2D eigenvalue weighted by molar-refractivity contribution is 0.00504. The van der Waals surface area contributed by atoms with E-state index in [1.54, 1.807) is 13.2 Å². The zero-order valence-electron chi connectivity index (χ0n) is 13.1. The molecule has 0 aliphatic carbocycles. The van der Waals surface area contributed by atoms with Crippen LogP contribution < -0.4 is 10.1 Å². The fraction of sp³-hybridized carbons (Fsp3) is 0.625. The minimum Gasteiger partial charge on any atom is -0.490 e. The number of nitrogens with one attached hydrogen (secondary N) is 1. The lowest BCUT2D eigenvalue weighted by Crippen LogP contribution is -2.26. The normalized spacial score (nSPS) is 11.9. The monoisotopic (exact) mass is 283 g/mol. The SMILES string of the molecule is COC(C)(C)CCOc1c(F)cccc1CNC(C)C. The van der Waals surface area contributed by atoms with E-state index in [9.17, 15) is 4.39 Å². The second kappa shape index (κ2) is 7.60. The van der Waals surface area contributed by atoms with E-state index < -0.39 is 0 Å². The van der Waals surface area contributed by atoms with E-state index in [2.05, 4.69) is 19.2 Å². The number of halogens is 1. The van der Waals surface area contributed by atoms with Crippen LogP contribution in [0.3, 0.4) is 0 Å². The first-order chi connectivity index (χ1) is 9.35. The molecule has 0 atom stereocenters. The van der Waals surface area contributed by atoms with E-state index >= 15 is 0 Å². The highest BCUT2D eigenvalue weighted by Gasteiger charge is 2.17. The van der Waals surface area contributed by atoms with Crippen molar-refractivity contribution in [3.8, 4) is 5.75 Å². The molecule has 4 heteroatoms. The van der Waals surface area contributed by atoms with E-state index in [-0.39, 0.29) is 11.4 Å². The molecule has 0 saturated heterocycles. The molecule has 114 valence electrons. The largest absolute Gasteiger partial charge is 0.490 e. The number of para-hydroxylation sites is 1. The first-order valence-corrected chi connectivity index (χ1v) is 7.04. The van der Waals surface area contributed by atoms with Gasteiger partial charge in [-0.25, -0.2) is 4.39 Å². The second-order valence-corrected chi connectivity index (χ2v) is 5.83. The number of rotatable bonds is 8. The van der Waals surface area contributed by atoms with Crippen molar-refractivity contribution in [1.29, 1.82) is 0 Å². The minimum atomic E-state index is -0.316. The highest BCUT2D eigenvalue weighted by molar-refractivity contribution is 5.35. The molecule has 0 aliphatic heterocycles. The summed E-state index contributed by atoms with van der Waals surface area (Å²) in [5.74, 6) is 0.0239. The van der Waals surface area contributed by atoms with Crippen LogP contribution in [0.15, 0.2) is 18.2 Å². The summed E-state index contributed by atoms with van der Waals surface area (Å²) in [6.45, 7) is 9.11. The van der Waals surface area contributed by atoms with E-state index in [4.69, 9.17) is 9.47 Å². The topological polar surface area (TPSA) is 30.5 Å². The lowest BCUT2D eigenvalue weighted by atomic mass is 10.1. The average molecular weight is 283 g/mol. The van der Waals surface area contributed by atoms with Crippen LogP contribution in [0.2, 0.25) is 0 Å². The Morgan fingerprint density at radius 3 is 2.60 bits per heavy atom. The fourth-order valence-corrected chi connectivity index (χ4v) is 1.67. The van der Waals surface area contributed by atoms with Crippen molar-refractivity contribution in [1.82, 2.24) is 5.32 Å². The summed E-state index contributed by atoms with van der Waals surface area (Å²) >= 11 is 0. The second-order valence-electron chi connectivity index (χ2n) is 5.83. The summed E-state index contributed by atoms with van der Waals surface area (Å²) < 4.78 is 24.9. The Kier molecular flexibility index (Phi) is 6.43. The summed E-state index contributed by atoms with van der Waals surface area (Å²) in [5.41, 5.74) is 0.579. The maximum absolute atomic E-state index is 13.9. The van der Waals surface area contributed by atoms with Crippen molar-refractivity contribution < 1.29 is 13.9 Å². The lowest BCUT2D eigenvalue weighted by Gasteiger charge is -2.23. The molecule has 0 bridgehead atoms. The Labute approximate surface area is 121 Å². The smallest absolute Gasteiger partial charge is 0.165 e. The molecule has 0 unspecified atom stereocenters. The first-order valence-electron chi connectivity index (χ1n) is 7.04. The van der Waals surface area contributed by atoms with E-state index in [0.717, 1.165) is 5.56 Å². The molecule has 1 aromatic rings. The highest BCUT2D eigenvalue weighted by Crippen LogP contribution is 2.24. The third kappa shape index (κ3) is 5.47. The van der Waals surface area contributed by atoms with Gasteiger partial charge in [-0.2, -0.15) is 0 Å². The molecular weight excluding hydrogens is 257 g/mol. The molecule has 0 amide bonds. The predicted octanol–water partition coefficient (Wildman–Crippen LogP) is 3.52. The molecular formula is C16H26FNO2. The molecule has 0 fully saturated rings. The van der Waals surface area contributed by atoms with Crippen molar-refractivity contribution in [3.05, 3.63) is 29.6 Å². The molecule has 0 spiro atoms. The van der Waals surface area contributed by atoms with Gasteiger partial charge in [0.2, 0.25) is 0 Å². The van der Waals surface area contributed by atoms with Gasteiger partial charge in [-0.3, -0.25) is 0 Å². The highest BCUT2D eigenvalue weighted by atomic mass is 19.1. The van der Waals surface area contributed by atoms with Gasteiger partial charge in [-0.05, 0) is 19.9 Å². The van der Waals surface area contributed by atoms with Gasteiger partial charge in [0.1, 0.15) is 0 Å². The van der Waals surface area contributed by atoms with Gasteiger partial charge < -0.3 is 14.8 Å². The molecule has 0 radical (unpaired) electrons. The Morgan fingerprint density at radius 2 is 2.00 bits per heavy atom. The summed E-state index contributed by atoms with van der Waals surface area (Å²) in [7, 11) is 1.67. The zero-order chi connectivity index (χ0) is 15.2. The van der Waals surface area contributed by atoms with Crippen LogP contribution in [-0.2, 0) is 11.3 Å². The van der Waals surface area contributed by atoms with Crippen molar-refractivity contribution in [2.75, 3.05) is 13.7 Å². The van der Waals surface area contributed by atoms with Gasteiger partial charge >= 0.3 is 0 Å². The van der Waals surface area contributed by atoms with Gasteiger partial charge in [-0.1, -0.05) is 26.0 Å². The molecule has 0 saturated carbocycles. The molecule has 1 N–H and O–H groups in total. The Hall–Kier alpha value is -1.13. The first kappa shape index (κ1) is 16.9. The van der Waals surface area contributed by atoms with Crippen LogP contribution in [0.5, 0.6) is 5.75 Å². The van der Waals surface area contributed by atoms with Crippen molar-refractivity contribution in [2.45, 2.75) is 52.3 Å². The summed E-state index contributed by atoms with van der Waals surface area (Å²) in [4.78, 5) is 0. The molecule has 1 aromatic carbocycles. The number of ether oxygens (including phenoxy) is 2. The fourth-order valence-electron chi connectivity index (χ4n) is 1.67. The summed E-state index contributed by atoms with van der Waals surface area (Å²) in [6.07, 6.45) is 0.703. The van der Waals surface area contributed by atoms with Crippen LogP contribution >= 0.6 is 0 Å². The number of hydrogen-bond donors (Lipinski definition) is 1. The number of hydrogen-bond acceptors (Lipinski definition) is 3. The zero-order valence-corrected chi connectivity index (χ0v) is 13.1. The van der Waals surface area contributed by atoms with E-state index in [0.29, 0.717) is 31.4 Å². The van der Waals surface area contributed by atoms with Gasteiger partial charge in [0.25, 0.3) is 0 Å². The maximum Gasteiger partial charge on any atom is 0.165 e. The van der Waals surface area contributed by atoms with Crippen LogP contribution in [0.25, 0.3) is 0 Å². The third-order valence-electron chi connectivity index (χ3n) is 3.25. The van der Waals surface area contributed by atoms with Gasteiger partial charge in [0, 0.05) is 31.7 Å². The van der Waals surface area contributed by atoms with E-state index in [1.807, 2.05) is 19.9 Å². The third-order valence-corrected chi connectivity index (χ3v) is 3.25. The molecule has 0 aliphatic rings. The quantitative estimate of drug-likeness (QED) is 0.792. The Bertz CT molecular complexity index is 419. The Balaban J connectivity index is 2.68. The van der Waals surface area contributed by atoms with Crippen LogP contribution in [-0.4, -0.2) is 25.4 Å². The number of methoxy groups -OCH3 is 1. The molecule has 0 aromatic heterocycles. The maximum atomic E-state index is 13.9. The molecule has 3 nitrogen and oxygen atoms in total. The van der Waals surface area contributed by atoms with E-state index in [1.165, 1.54) is 6.07 Å². The average Bonchev–Trinajstić information content (AvgIpc) is 2.38. The molecule has 0 heterocycles. The van der Waals surface area contributed by atoms with Crippen molar-refractivity contribution in [2.24, 2.45) is 0 Å². The van der Waals surface area contributed by atoms with Crippen molar-refractivity contribution in [3.63, 3.8) is 0 Å². The van der Waals surface area contributed by atoms with Crippen LogP contribution in [0, 0.1) is 5.82 Å².